The first-order chi connectivity index (χ1) is 18.2. The minimum Gasteiger partial charge on any atom is -0.477 e. The molecular formula is C31H20N4O2. The Bertz CT molecular complexity index is 1970. The maximum absolute atomic E-state index is 11.6. The molecule has 0 saturated heterocycles. The Morgan fingerprint density at radius 1 is 0.703 bits per heavy atom. The van der Waals surface area contributed by atoms with Crippen LogP contribution in [-0.2, 0) is 0 Å². The SMILES string of the molecule is O=C(O)c1cccc(-c2cccc3c2nc(-c2cccc4c2[nH]c2ccccc24)n3-c2ccccc2)n1. The van der Waals surface area contributed by atoms with E-state index in [1.54, 1.807) is 6.07 Å². The molecule has 0 saturated carbocycles. The van der Waals surface area contributed by atoms with E-state index in [1.807, 2.05) is 54.6 Å². The Kier molecular flexibility index (Phi) is 4.66. The minimum atomic E-state index is -1.06. The van der Waals surface area contributed by atoms with Crippen molar-refractivity contribution in [3.8, 4) is 28.3 Å². The summed E-state index contributed by atoms with van der Waals surface area (Å²) in [6.45, 7) is 0. The van der Waals surface area contributed by atoms with E-state index in [-0.39, 0.29) is 5.69 Å². The smallest absolute Gasteiger partial charge is 0.354 e. The normalized spacial score (nSPS) is 11.5. The molecule has 0 fully saturated rings. The highest BCUT2D eigenvalue weighted by atomic mass is 16.4. The molecule has 3 aromatic heterocycles. The molecule has 7 rings (SSSR count). The van der Waals surface area contributed by atoms with E-state index in [4.69, 9.17) is 4.98 Å². The number of fused-ring (bicyclic) bond motifs is 4. The number of nitrogens with one attached hydrogen (secondary N) is 1. The van der Waals surface area contributed by atoms with Crippen molar-refractivity contribution in [2.45, 2.75) is 0 Å². The highest BCUT2D eigenvalue weighted by Crippen LogP contribution is 2.37. The van der Waals surface area contributed by atoms with E-state index in [2.05, 4.69) is 57.0 Å². The van der Waals surface area contributed by atoms with E-state index in [0.29, 0.717) is 5.69 Å². The summed E-state index contributed by atoms with van der Waals surface area (Å²) in [5.41, 5.74) is 7.06. The number of imidazole rings is 1. The van der Waals surface area contributed by atoms with Gasteiger partial charge >= 0.3 is 5.97 Å². The third-order valence-electron chi connectivity index (χ3n) is 6.73. The van der Waals surface area contributed by atoms with E-state index >= 15 is 0 Å². The summed E-state index contributed by atoms with van der Waals surface area (Å²) in [5.74, 6) is -0.268. The Balaban J connectivity index is 1.57. The summed E-state index contributed by atoms with van der Waals surface area (Å²) in [4.78, 5) is 24.8. The average Bonchev–Trinajstić information content (AvgIpc) is 3.52. The van der Waals surface area contributed by atoms with Crippen LogP contribution in [0.5, 0.6) is 0 Å². The first kappa shape index (κ1) is 21.1. The molecule has 0 aliphatic rings. The largest absolute Gasteiger partial charge is 0.477 e. The van der Waals surface area contributed by atoms with E-state index in [1.165, 1.54) is 6.07 Å². The summed E-state index contributed by atoms with van der Waals surface area (Å²) < 4.78 is 2.15. The van der Waals surface area contributed by atoms with Crippen LogP contribution >= 0.6 is 0 Å². The highest BCUT2D eigenvalue weighted by molar-refractivity contribution is 6.12. The highest BCUT2D eigenvalue weighted by Gasteiger charge is 2.21. The number of aromatic amines is 1. The fourth-order valence-electron chi connectivity index (χ4n) is 5.09. The van der Waals surface area contributed by atoms with Gasteiger partial charge in [0.2, 0.25) is 0 Å². The Morgan fingerprint density at radius 3 is 2.30 bits per heavy atom. The summed E-state index contributed by atoms with van der Waals surface area (Å²) in [5, 5.41) is 11.8. The quantitative estimate of drug-likeness (QED) is 0.282. The maximum atomic E-state index is 11.6. The molecule has 0 spiro atoms. The number of benzene rings is 4. The van der Waals surface area contributed by atoms with Gasteiger partial charge in [0.05, 0.1) is 22.2 Å². The van der Waals surface area contributed by atoms with Gasteiger partial charge in [-0.15, -0.1) is 0 Å². The second-order valence-electron chi connectivity index (χ2n) is 8.89. The monoisotopic (exact) mass is 480 g/mol. The van der Waals surface area contributed by atoms with E-state index in [9.17, 15) is 9.90 Å². The molecule has 4 aromatic carbocycles. The number of para-hydroxylation sites is 4. The number of nitrogens with zero attached hydrogens (tertiary/aromatic N) is 3. The lowest BCUT2D eigenvalue weighted by Gasteiger charge is -2.10. The minimum absolute atomic E-state index is 0.0000574. The van der Waals surface area contributed by atoms with Crippen LogP contribution in [-0.4, -0.2) is 30.6 Å². The molecule has 37 heavy (non-hydrogen) atoms. The van der Waals surface area contributed by atoms with E-state index < -0.39 is 5.97 Å². The van der Waals surface area contributed by atoms with Gasteiger partial charge in [-0.3, -0.25) is 4.57 Å². The van der Waals surface area contributed by atoms with Crippen molar-refractivity contribution in [3.63, 3.8) is 0 Å². The van der Waals surface area contributed by atoms with Gasteiger partial charge in [-0.1, -0.05) is 66.7 Å². The molecule has 176 valence electrons. The Hall–Kier alpha value is -5.23. The summed E-state index contributed by atoms with van der Waals surface area (Å²) in [7, 11) is 0. The lowest BCUT2D eigenvalue weighted by Crippen LogP contribution is -2.00. The van der Waals surface area contributed by atoms with Gasteiger partial charge in [0.15, 0.2) is 0 Å². The van der Waals surface area contributed by atoms with Crippen LogP contribution in [0, 0.1) is 0 Å². The lowest BCUT2D eigenvalue weighted by molar-refractivity contribution is 0.0690. The standard InChI is InChI=1S/C31H20N4O2/c36-31(37)26-17-8-16-25(32-26)22-13-7-18-27-29(22)34-30(35(27)19-9-2-1-3-10-19)23-14-6-12-21-20-11-4-5-15-24(20)33-28(21)23/h1-18,33H,(H,36,37). The Labute approximate surface area is 211 Å². The molecule has 0 unspecified atom stereocenters. The number of carboxylic acids is 1. The summed E-state index contributed by atoms with van der Waals surface area (Å²) >= 11 is 0. The molecule has 3 heterocycles. The van der Waals surface area contributed by atoms with Crippen LogP contribution in [0.15, 0.2) is 109 Å². The van der Waals surface area contributed by atoms with Crippen molar-refractivity contribution >= 4 is 38.8 Å². The van der Waals surface area contributed by atoms with Gasteiger partial charge in [0.25, 0.3) is 0 Å². The first-order valence-corrected chi connectivity index (χ1v) is 12.0. The first-order valence-electron chi connectivity index (χ1n) is 12.0. The predicted molar refractivity (Wildman–Crippen MR) is 146 cm³/mol. The van der Waals surface area contributed by atoms with Crippen molar-refractivity contribution in [2.24, 2.45) is 0 Å². The van der Waals surface area contributed by atoms with Crippen LogP contribution in [0.2, 0.25) is 0 Å². The summed E-state index contributed by atoms with van der Waals surface area (Å²) in [6.07, 6.45) is 0. The number of aromatic carboxylic acids is 1. The molecule has 6 nitrogen and oxygen atoms in total. The number of H-pyrrole nitrogens is 1. The molecule has 0 radical (unpaired) electrons. The number of carbonyl (C=O) groups is 1. The zero-order valence-electron chi connectivity index (χ0n) is 19.6. The molecule has 7 aromatic rings. The van der Waals surface area contributed by atoms with Crippen LogP contribution in [0.1, 0.15) is 10.5 Å². The molecule has 0 atom stereocenters. The van der Waals surface area contributed by atoms with Gasteiger partial charge in [0.1, 0.15) is 11.5 Å². The molecular weight excluding hydrogens is 460 g/mol. The second-order valence-corrected chi connectivity index (χ2v) is 8.89. The number of rotatable bonds is 4. The van der Waals surface area contributed by atoms with Crippen LogP contribution in [0.3, 0.4) is 0 Å². The average molecular weight is 481 g/mol. The zero-order chi connectivity index (χ0) is 24.9. The number of pyridine rings is 1. The number of hydrogen-bond donors (Lipinski definition) is 2. The molecule has 0 amide bonds. The van der Waals surface area contributed by atoms with Gasteiger partial charge < -0.3 is 10.1 Å². The third-order valence-corrected chi connectivity index (χ3v) is 6.73. The van der Waals surface area contributed by atoms with Gasteiger partial charge in [-0.2, -0.15) is 0 Å². The molecule has 0 aliphatic heterocycles. The fraction of sp³-hybridized carbons (Fsp3) is 0. The molecule has 0 aliphatic carbocycles. The van der Waals surface area contributed by atoms with Crippen molar-refractivity contribution in [1.29, 1.82) is 0 Å². The Morgan fingerprint density at radius 2 is 1.43 bits per heavy atom. The third kappa shape index (κ3) is 3.31. The zero-order valence-corrected chi connectivity index (χ0v) is 19.6. The molecule has 6 heteroatoms. The predicted octanol–water partition coefficient (Wildman–Crippen LogP) is 7.09. The van der Waals surface area contributed by atoms with Crippen molar-refractivity contribution < 1.29 is 9.90 Å². The number of aromatic nitrogens is 4. The number of hydrogen-bond acceptors (Lipinski definition) is 3. The maximum Gasteiger partial charge on any atom is 0.354 e. The fourth-order valence-corrected chi connectivity index (χ4v) is 5.09. The van der Waals surface area contributed by atoms with Crippen molar-refractivity contribution in [3.05, 3.63) is 115 Å². The van der Waals surface area contributed by atoms with Crippen LogP contribution in [0.4, 0.5) is 0 Å². The van der Waals surface area contributed by atoms with Crippen LogP contribution < -0.4 is 0 Å². The van der Waals surface area contributed by atoms with Crippen molar-refractivity contribution in [2.75, 3.05) is 0 Å². The van der Waals surface area contributed by atoms with Gasteiger partial charge in [-0.05, 0) is 42.5 Å². The van der Waals surface area contributed by atoms with Crippen LogP contribution in [0.25, 0.3) is 61.2 Å². The second kappa shape index (κ2) is 8.17. The molecule has 2 N–H and O–H groups in total. The topological polar surface area (TPSA) is 83.8 Å². The van der Waals surface area contributed by atoms with Crippen molar-refractivity contribution in [1.82, 2.24) is 19.5 Å². The van der Waals surface area contributed by atoms with E-state index in [0.717, 1.165) is 55.5 Å². The summed E-state index contributed by atoms with van der Waals surface area (Å²) in [6, 6.07) is 35.7. The van der Waals surface area contributed by atoms with Gasteiger partial charge in [0, 0.05) is 33.1 Å². The lowest BCUT2D eigenvalue weighted by atomic mass is 10.1. The molecule has 0 bridgehead atoms. The van der Waals surface area contributed by atoms with Gasteiger partial charge in [-0.25, -0.2) is 14.8 Å². The number of carboxylic acid groups (broad SMARTS) is 1.